The third-order valence-electron chi connectivity index (χ3n) is 4.46. The molecule has 7 heteroatoms. The molecule has 2 unspecified atom stereocenters. The smallest absolute Gasteiger partial charge is 0.407 e. The number of hydrogen-bond donors (Lipinski definition) is 4. The third-order valence-corrected chi connectivity index (χ3v) is 4.46. The van der Waals surface area contributed by atoms with Crippen molar-refractivity contribution in [3.63, 3.8) is 0 Å². The van der Waals surface area contributed by atoms with E-state index in [1.807, 2.05) is 42.5 Å². The van der Waals surface area contributed by atoms with Gasteiger partial charge < -0.3 is 25.4 Å². The maximum absolute atomic E-state index is 11.7. The molecule has 0 spiro atoms. The predicted octanol–water partition coefficient (Wildman–Crippen LogP) is 2.80. The number of ether oxygens (including phenoxy) is 1. The van der Waals surface area contributed by atoms with Crippen molar-refractivity contribution in [1.29, 1.82) is 0 Å². The molecule has 1 amide bonds. The van der Waals surface area contributed by atoms with Crippen molar-refractivity contribution in [2.75, 3.05) is 6.54 Å². The van der Waals surface area contributed by atoms with Crippen molar-refractivity contribution in [3.8, 4) is 0 Å². The van der Waals surface area contributed by atoms with Gasteiger partial charge in [0.05, 0.1) is 6.10 Å². The number of carbonyl (C=O) groups is 2. The first kappa shape index (κ1) is 22.4. The van der Waals surface area contributed by atoms with E-state index in [-0.39, 0.29) is 26.0 Å². The number of carbonyl (C=O) groups excluding carboxylic acids is 1. The number of amides is 1. The van der Waals surface area contributed by atoms with Gasteiger partial charge in [-0.3, -0.25) is 4.79 Å². The van der Waals surface area contributed by atoms with Crippen LogP contribution in [0.4, 0.5) is 4.79 Å². The second kappa shape index (κ2) is 11.8. The van der Waals surface area contributed by atoms with Gasteiger partial charge in [-0.05, 0) is 36.0 Å². The summed E-state index contributed by atoms with van der Waals surface area (Å²) < 4.78 is 5.08. The highest BCUT2D eigenvalue weighted by molar-refractivity contribution is 5.67. The molecule has 156 valence electrons. The summed E-state index contributed by atoms with van der Waals surface area (Å²) in [7, 11) is 0. The number of aryl methyl sites for hydroxylation is 1. The summed E-state index contributed by atoms with van der Waals surface area (Å²) in [5.41, 5.74) is 2.41. The Hall–Kier alpha value is -2.90. The number of nitrogens with one attached hydrogen (secondary N) is 1. The third kappa shape index (κ3) is 8.33. The number of carboxylic acids is 1. The topological polar surface area (TPSA) is 116 Å². The van der Waals surface area contributed by atoms with E-state index < -0.39 is 24.3 Å². The molecule has 0 aliphatic carbocycles. The Morgan fingerprint density at radius 3 is 2.31 bits per heavy atom. The summed E-state index contributed by atoms with van der Waals surface area (Å²) in [6, 6.07) is 16.3. The Bertz CT molecular complexity index is 763. The molecule has 0 aromatic heterocycles. The molecular formula is C22H27NO6. The van der Waals surface area contributed by atoms with Crippen molar-refractivity contribution in [3.05, 3.63) is 71.3 Å². The Morgan fingerprint density at radius 1 is 0.966 bits per heavy atom. The Balaban J connectivity index is 1.69. The molecule has 0 aliphatic rings. The summed E-state index contributed by atoms with van der Waals surface area (Å²) >= 11 is 0. The standard InChI is InChI=1S/C22H27NO6/c24-19(13-14-23-22(28)29-15-17-5-2-1-3-6-17)21(27)18-11-9-16(10-12-18)7-4-8-20(25)26/h1-3,5-6,9-12,19,21,24,27H,4,7-8,13-15H2,(H,23,28)(H,25,26). The highest BCUT2D eigenvalue weighted by Crippen LogP contribution is 2.20. The maximum Gasteiger partial charge on any atom is 0.407 e. The Kier molecular flexibility index (Phi) is 9.14. The quantitative estimate of drug-likeness (QED) is 0.460. The van der Waals surface area contributed by atoms with Crippen LogP contribution in [0.3, 0.4) is 0 Å². The van der Waals surface area contributed by atoms with Crippen LogP contribution in [-0.2, 0) is 22.6 Å². The molecule has 0 aliphatic heterocycles. The second-order valence-electron chi connectivity index (χ2n) is 6.78. The van der Waals surface area contributed by atoms with Gasteiger partial charge in [0, 0.05) is 13.0 Å². The molecule has 0 saturated heterocycles. The van der Waals surface area contributed by atoms with Gasteiger partial charge in [-0.2, -0.15) is 0 Å². The van der Waals surface area contributed by atoms with Gasteiger partial charge in [-0.15, -0.1) is 0 Å². The van der Waals surface area contributed by atoms with Crippen molar-refractivity contribution in [2.24, 2.45) is 0 Å². The fraction of sp³-hybridized carbons (Fsp3) is 0.364. The SMILES string of the molecule is O=C(O)CCCc1ccc(C(O)C(O)CCNC(=O)OCc2ccccc2)cc1. The monoisotopic (exact) mass is 401 g/mol. The van der Waals surface area contributed by atoms with E-state index in [4.69, 9.17) is 9.84 Å². The van der Waals surface area contributed by atoms with Crippen LogP contribution in [0.25, 0.3) is 0 Å². The number of rotatable bonds is 11. The fourth-order valence-electron chi connectivity index (χ4n) is 2.80. The summed E-state index contributed by atoms with van der Waals surface area (Å²) in [5, 5.41) is 31.6. The second-order valence-corrected chi connectivity index (χ2v) is 6.78. The predicted molar refractivity (Wildman–Crippen MR) is 107 cm³/mol. The van der Waals surface area contributed by atoms with Crippen molar-refractivity contribution >= 4 is 12.1 Å². The zero-order valence-corrected chi connectivity index (χ0v) is 16.2. The van der Waals surface area contributed by atoms with Crippen LogP contribution < -0.4 is 5.32 Å². The van der Waals surface area contributed by atoms with Gasteiger partial charge >= 0.3 is 12.1 Å². The minimum Gasteiger partial charge on any atom is -0.481 e. The van der Waals surface area contributed by atoms with Crippen LogP contribution in [-0.4, -0.2) is 40.0 Å². The van der Waals surface area contributed by atoms with Gasteiger partial charge in [0.15, 0.2) is 0 Å². The summed E-state index contributed by atoms with van der Waals surface area (Å²) in [5.74, 6) is -0.822. The first-order valence-electron chi connectivity index (χ1n) is 9.57. The Morgan fingerprint density at radius 2 is 1.66 bits per heavy atom. The van der Waals surface area contributed by atoms with E-state index >= 15 is 0 Å². The molecule has 4 N–H and O–H groups in total. The lowest BCUT2D eigenvalue weighted by atomic mass is 9.99. The number of aliphatic carboxylic acids is 1. The fourth-order valence-corrected chi connectivity index (χ4v) is 2.80. The first-order chi connectivity index (χ1) is 14.0. The minimum absolute atomic E-state index is 0.115. The van der Waals surface area contributed by atoms with E-state index in [0.717, 1.165) is 11.1 Å². The molecule has 2 aromatic carbocycles. The van der Waals surface area contributed by atoms with Gasteiger partial charge in [-0.25, -0.2) is 4.79 Å². The number of aliphatic hydroxyl groups is 2. The molecule has 2 atom stereocenters. The van der Waals surface area contributed by atoms with E-state index in [2.05, 4.69) is 5.32 Å². The molecule has 0 heterocycles. The number of benzene rings is 2. The van der Waals surface area contributed by atoms with Crippen molar-refractivity contribution in [1.82, 2.24) is 5.32 Å². The molecular weight excluding hydrogens is 374 g/mol. The van der Waals surface area contributed by atoms with Crippen LogP contribution in [0.1, 0.15) is 42.1 Å². The highest BCUT2D eigenvalue weighted by atomic mass is 16.5. The lowest BCUT2D eigenvalue weighted by molar-refractivity contribution is -0.137. The van der Waals surface area contributed by atoms with E-state index in [0.29, 0.717) is 18.4 Å². The van der Waals surface area contributed by atoms with E-state index in [9.17, 15) is 19.8 Å². The minimum atomic E-state index is -1.08. The molecule has 0 radical (unpaired) electrons. The molecule has 2 aromatic rings. The van der Waals surface area contributed by atoms with Gasteiger partial charge in [0.1, 0.15) is 12.7 Å². The molecule has 2 rings (SSSR count). The summed E-state index contributed by atoms with van der Waals surface area (Å²) in [6.07, 6.45) is -1.23. The van der Waals surface area contributed by atoms with Crippen LogP contribution in [0, 0.1) is 0 Å². The Labute approximate surface area is 170 Å². The highest BCUT2D eigenvalue weighted by Gasteiger charge is 2.18. The van der Waals surface area contributed by atoms with Crippen LogP contribution in [0.2, 0.25) is 0 Å². The average Bonchev–Trinajstić information content (AvgIpc) is 2.72. The average molecular weight is 401 g/mol. The molecule has 7 nitrogen and oxygen atoms in total. The molecule has 0 bridgehead atoms. The lowest BCUT2D eigenvalue weighted by Crippen LogP contribution is -2.29. The lowest BCUT2D eigenvalue weighted by Gasteiger charge is -2.18. The number of aliphatic hydroxyl groups excluding tert-OH is 2. The first-order valence-corrected chi connectivity index (χ1v) is 9.57. The molecule has 29 heavy (non-hydrogen) atoms. The molecule has 0 fully saturated rings. The van der Waals surface area contributed by atoms with Gasteiger partial charge in [0.2, 0.25) is 0 Å². The number of hydrogen-bond acceptors (Lipinski definition) is 5. The zero-order valence-electron chi connectivity index (χ0n) is 16.2. The number of alkyl carbamates (subject to hydrolysis) is 1. The maximum atomic E-state index is 11.7. The largest absolute Gasteiger partial charge is 0.481 e. The van der Waals surface area contributed by atoms with Gasteiger partial charge in [0.25, 0.3) is 0 Å². The van der Waals surface area contributed by atoms with E-state index in [1.54, 1.807) is 12.1 Å². The van der Waals surface area contributed by atoms with Crippen LogP contribution in [0.15, 0.2) is 54.6 Å². The molecule has 0 saturated carbocycles. The van der Waals surface area contributed by atoms with Crippen molar-refractivity contribution in [2.45, 2.75) is 44.5 Å². The zero-order chi connectivity index (χ0) is 21.1. The van der Waals surface area contributed by atoms with Crippen molar-refractivity contribution < 1.29 is 29.6 Å². The van der Waals surface area contributed by atoms with E-state index in [1.165, 1.54) is 0 Å². The summed E-state index contributed by atoms with van der Waals surface area (Å²) in [6.45, 7) is 0.329. The van der Waals surface area contributed by atoms with Gasteiger partial charge in [-0.1, -0.05) is 54.6 Å². The normalized spacial score (nSPS) is 12.8. The van der Waals surface area contributed by atoms with Crippen LogP contribution >= 0.6 is 0 Å². The van der Waals surface area contributed by atoms with Crippen LogP contribution in [0.5, 0.6) is 0 Å². The number of carboxylic acid groups (broad SMARTS) is 1. The summed E-state index contributed by atoms with van der Waals surface area (Å²) in [4.78, 5) is 22.2.